The van der Waals surface area contributed by atoms with Crippen molar-refractivity contribution in [2.45, 2.75) is 0 Å². The third kappa shape index (κ3) is 5.62. The molecule has 0 unspecified atom stereocenters. The number of rotatable bonds is 6. The second kappa shape index (κ2) is 13.0. The molecular formula is C51H31N3O2. The number of benzene rings is 7. The first-order valence-electron chi connectivity index (χ1n) is 18.7. The first kappa shape index (κ1) is 31.9. The molecule has 0 fully saturated rings. The van der Waals surface area contributed by atoms with Gasteiger partial charge in [-0.25, -0.2) is 9.97 Å². The fourth-order valence-electron chi connectivity index (χ4n) is 7.72. The van der Waals surface area contributed by atoms with Gasteiger partial charge in [-0.2, -0.15) is 0 Å². The lowest BCUT2D eigenvalue weighted by atomic mass is 9.93. The number of fused-ring (bicyclic) bond motifs is 6. The van der Waals surface area contributed by atoms with Gasteiger partial charge >= 0.3 is 0 Å². The average molecular weight is 718 g/mol. The zero-order valence-electron chi connectivity index (χ0n) is 30.1. The van der Waals surface area contributed by atoms with E-state index in [9.17, 15) is 0 Å². The SMILES string of the molecule is c1ccc(-c2nc(-c3ccc(-c4ccccn4)cc3)cc(-c3cc(-c4ccc5oc6ccccc6c5c4)cc(-c4ccc5oc6ccccc6c5c4)c3)n2)cc1. The summed E-state index contributed by atoms with van der Waals surface area (Å²) in [6, 6.07) is 62.7. The first-order chi connectivity index (χ1) is 27.7. The van der Waals surface area contributed by atoms with Gasteiger partial charge in [-0.1, -0.05) is 109 Å². The van der Waals surface area contributed by atoms with Crippen LogP contribution in [0.5, 0.6) is 0 Å². The standard InChI is InChI=1S/C51H31N3O2/c1-2-10-34(11-3-1)51-53-45(33-19-17-32(18-20-33)44-14-8-9-25-52-44)31-46(54-51)39-27-37(35-21-23-49-42(29-35)40-12-4-6-15-47(40)55-49)26-38(28-39)36-22-24-50-43(30-36)41-13-5-7-16-48(41)56-50/h1-31H. The van der Waals surface area contributed by atoms with Crippen molar-refractivity contribution in [1.82, 2.24) is 15.0 Å². The molecule has 0 bridgehead atoms. The maximum atomic E-state index is 6.21. The number of hydrogen-bond acceptors (Lipinski definition) is 5. The van der Waals surface area contributed by atoms with E-state index in [0.29, 0.717) is 5.82 Å². The maximum absolute atomic E-state index is 6.21. The quantitative estimate of drug-likeness (QED) is 0.171. The summed E-state index contributed by atoms with van der Waals surface area (Å²) in [6.45, 7) is 0. The van der Waals surface area contributed by atoms with Crippen molar-refractivity contribution in [2.75, 3.05) is 0 Å². The fourth-order valence-corrected chi connectivity index (χ4v) is 7.72. The molecule has 7 aromatic carbocycles. The summed E-state index contributed by atoms with van der Waals surface area (Å²) >= 11 is 0. The Morgan fingerprint density at radius 2 is 0.768 bits per heavy atom. The lowest BCUT2D eigenvalue weighted by Gasteiger charge is -2.14. The van der Waals surface area contributed by atoms with Crippen LogP contribution in [0, 0.1) is 0 Å². The minimum absolute atomic E-state index is 0.663. The predicted octanol–water partition coefficient (Wildman–Crippen LogP) is 13.7. The molecule has 0 aliphatic carbocycles. The molecule has 4 heterocycles. The van der Waals surface area contributed by atoms with Crippen LogP contribution in [0.3, 0.4) is 0 Å². The molecular weight excluding hydrogens is 687 g/mol. The van der Waals surface area contributed by atoms with E-state index in [2.05, 4.69) is 126 Å². The summed E-state index contributed by atoms with van der Waals surface area (Å²) in [5.74, 6) is 0.663. The number of pyridine rings is 1. The molecule has 5 heteroatoms. The van der Waals surface area contributed by atoms with Crippen molar-refractivity contribution in [3.05, 3.63) is 188 Å². The molecule has 0 N–H and O–H groups in total. The number of furan rings is 2. The Morgan fingerprint density at radius 3 is 1.36 bits per heavy atom. The lowest BCUT2D eigenvalue weighted by molar-refractivity contribution is 0.668. The van der Waals surface area contributed by atoms with Crippen LogP contribution in [0.4, 0.5) is 0 Å². The molecule has 11 rings (SSSR count). The highest BCUT2D eigenvalue weighted by Crippen LogP contribution is 2.39. The second-order valence-corrected chi connectivity index (χ2v) is 14.0. The minimum Gasteiger partial charge on any atom is -0.456 e. The summed E-state index contributed by atoms with van der Waals surface area (Å²) < 4.78 is 12.4. The zero-order chi connectivity index (χ0) is 37.0. The van der Waals surface area contributed by atoms with E-state index < -0.39 is 0 Å². The van der Waals surface area contributed by atoms with Gasteiger partial charge in [0.05, 0.1) is 17.1 Å². The van der Waals surface area contributed by atoms with E-state index in [1.54, 1.807) is 0 Å². The van der Waals surface area contributed by atoms with E-state index in [1.807, 2.05) is 66.9 Å². The zero-order valence-corrected chi connectivity index (χ0v) is 30.1. The largest absolute Gasteiger partial charge is 0.456 e. The maximum Gasteiger partial charge on any atom is 0.160 e. The second-order valence-electron chi connectivity index (χ2n) is 14.0. The van der Waals surface area contributed by atoms with Crippen LogP contribution in [0.15, 0.2) is 197 Å². The van der Waals surface area contributed by atoms with Crippen LogP contribution in [-0.4, -0.2) is 15.0 Å². The Labute approximate surface area is 322 Å². The van der Waals surface area contributed by atoms with E-state index in [1.165, 1.54) is 0 Å². The van der Waals surface area contributed by atoms with Gasteiger partial charge in [-0.05, 0) is 95.1 Å². The molecule has 0 atom stereocenters. The van der Waals surface area contributed by atoms with Crippen molar-refractivity contribution >= 4 is 43.9 Å². The highest BCUT2D eigenvalue weighted by atomic mass is 16.3. The van der Waals surface area contributed by atoms with Crippen LogP contribution in [-0.2, 0) is 0 Å². The summed E-state index contributed by atoms with van der Waals surface area (Å²) in [4.78, 5) is 14.9. The van der Waals surface area contributed by atoms with Gasteiger partial charge in [0, 0.05) is 50.0 Å². The number of hydrogen-bond donors (Lipinski definition) is 0. The van der Waals surface area contributed by atoms with Crippen molar-refractivity contribution < 1.29 is 8.83 Å². The molecule has 0 aliphatic rings. The Hall–Kier alpha value is -7.63. The van der Waals surface area contributed by atoms with E-state index >= 15 is 0 Å². The smallest absolute Gasteiger partial charge is 0.160 e. The van der Waals surface area contributed by atoms with Crippen LogP contribution >= 0.6 is 0 Å². The Bertz CT molecular complexity index is 3110. The normalized spacial score (nSPS) is 11.6. The van der Waals surface area contributed by atoms with Gasteiger partial charge in [0.15, 0.2) is 5.82 Å². The molecule has 5 nitrogen and oxygen atoms in total. The third-order valence-electron chi connectivity index (χ3n) is 10.5. The van der Waals surface area contributed by atoms with Crippen molar-refractivity contribution in [1.29, 1.82) is 0 Å². The molecule has 0 aliphatic heterocycles. The molecule has 4 aromatic heterocycles. The molecule has 0 radical (unpaired) electrons. The van der Waals surface area contributed by atoms with E-state index in [-0.39, 0.29) is 0 Å². The van der Waals surface area contributed by atoms with Crippen LogP contribution in [0.1, 0.15) is 0 Å². The molecule has 0 amide bonds. The topological polar surface area (TPSA) is 65.0 Å². The van der Waals surface area contributed by atoms with E-state index in [4.69, 9.17) is 18.8 Å². The summed E-state index contributed by atoms with van der Waals surface area (Å²) in [5, 5.41) is 4.36. The summed E-state index contributed by atoms with van der Waals surface area (Å²) in [5.41, 5.74) is 14.4. The lowest BCUT2D eigenvalue weighted by Crippen LogP contribution is -1.96. The van der Waals surface area contributed by atoms with Gasteiger partial charge < -0.3 is 8.83 Å². The Kier molecular flexibility index (Phi) is 7.42. The molecule has 0 saturated carbocycles. The Balaban J connectivity index is 1.11. The van der Waals surface area contributed by atoms with Crippen molar-refractivity contribution in [3.8, 4) is 67.4 Å². The molecule has 262 valence electrons. The number of aromatic nitrogens is 3. The van der Waals surface area contributed by atoms with Gasteiger partial charge in [0.2, 0.25) is 0 Å². The minimum atomic E-state index is 0.663. The van der Waals surface area contributed by atoms with Crippen LogP contribution < -0.4 is 0 Å². The monoisotopic (exact) mass is 717 g/mol. The Morgan fingerprint density at radius 1 is 0.286 bits per heavy atom. The number of nitrogens with zero attached hydrogens (tertiary/aromatic N) is 3. The molecule has 0 saturated heterocycles. The summed E-state index contributed by atoms with van der Waals surface area (Å²) in [6.07, 6.45) is 1.82. The van der Waals surface area contributed by atoms with Crippen LogP contribution in [0.2, 0.25) is 0 Å². The van der Waals surface area contributed by atoms with Crippen LogP contribution in [0.25, 0.3) is 111 Å². The van der Waals surface area contributed by atoms with Gasteiger partial charge in [0.1, 0.15) is 22.3 Å². The highest BCUT2D eigenvalue weighted by Gasteiger charge is 2.16. The van der Waals surface area contributed by atoms with Gasteiger partial charge in [-0.3, -0.25) is 4.98 Å². The van der Waals surface area contributed by atoms with Crippen molar-refractivity contribution in [2.24, 2.45) is 0 Å². The average Bonchev–Trinajstić information content (AvgIpc) is 3.84. The molecule has 11 aromatic rings. The highest BCUT2D eigenvalue weighted by molar-refractivity contribution is 6.07. The third-order valence-corrected chi connectivity index (χ3v) is 10.5. The van der Waals surface area contributed by atoms with E-state index in [0.717, 1.165) is 105 Å². The van der Waals surface area contributed by atoms with Gasteiger partial charge in [0.25, 0.3) is 0 Å². The predicted molar refractivity (Wildman–Crippen MR) is 227 cm³/mol. The van der Waals surface area contributed by atoms with Gasteiger partial charge in [-0.15, -0.1) is 0 Å². The first-order valence-corrected chi connectivity index (χ1v) is 18.7. The fraction of sp³-hybridized carbons (Fsp3) is 0. The molecule has 56 heavy (non-hydrogen) atoms. The number of para-hydroxylation sites is 2. The van der Waals surface area contributed by atoms with Crippen molar-refractivity contribution in [3.63, 3.8) is 0 Å². The summed E-state index contributed by atoms with van der Waals surface area (Å²) in [7, 11) is 0. The molecule has 0 spiro atoms.